The van der Waals surface area contributed by atoms with Gasteiger partial charge in [-0.1, -0.05) is 18.2 Å². The molecule has 0 saturated heterocycles. The minimum Gasteiger partial charge on any atom is -0.464 e. The summed E-state index contributed by atoms with van der Waals surface area (Å²) in [6, 6.07) is 6.05. The number of nitrogens with two attached hydrogens (primary N) is 1. The van der Waals surface area contributed by atoms with Gasteiger partial charge in [-0.15, -0.1) is 0 Å². The second-order valence-corrected chi connectivity index (χ2v) is 2.92. The molecule has 2 aromatic rings. The summed E-state index contributed by atoms with van der Waals surface area (Å²) in [6.07, 6.45) is 1.77. The van der Waals surface area contributed by atoms with E-state index in [-0.39, 0.29) is 0 Å². The van der Waals surface area contributed by atoms with Crippen LogP contribution in [0.5, 0.6) is 0 Å². The topological polar surface area (TPSA) is 39.2 Å². The highest BCUT2D eigenvalue weighted by Gasteiger charge is 2.04. The Kier molecular flexibility index (Phi) is 1.62. The lowest BCUT2D eigenvalue weighted by Crippen LogP contribution is -1.95. The fraction of sp³-hybridized carbons (Fsp3) is 0.200. The van der Waals surface area contributed by atoms with E-state index >= 15 is 0 Å². The van der Waals surface area contributed by atoms with Crippen LogP contribution in [0.2, 0.25) is 0 Å². The standard InChI is InChI=1S/C10H11NO/c1-7-6-12-10-8(5-11)3-2-4-9(7)10/h2-4,6H,5,11H2,1H3. The largest absolute Gasteiger partial charge is 0.464 e. The Morgan fingerprint density at radius 3 is 3.00 bits per heavy atom. The number of para-hydroxylation sites is 1. The number of rotatable bonds is 1. The molecule has 0 bridgehead atoms. The van der Waals surface area contributed by atoms with Crippen molar-refractivity contribution in [3.63, 3.8) is 0 Å². The molecule has 12 heavy (non-hydrogen) atoms. The quantitative estimate of drug-likeness (QED) is 0.696. The van der Waals surface area contributed by atoms with E-state index < -0.39 is 0 Å². The highest BCUT2D eigenvalue weighted by molar-refractivity contribution is 5.83. The molecule has 0 aliphatic rings. The van der Waals surface area contributed by atoms with Crippen LogP contribution in [0.4, 0.5) is 0 Å². The van der Waals surface area contributed by atoms with Gasteiger partial charge in [-0.05, 0) is 12.5 Å². The molecular weight excluding hydrogens is 150 g/mol. The molecule has 0 radical (unpaired) electrons. The number of benzene rings is 1. The first-order chi connectivity index (χ1) is 5.83. The Balaban J connectivity index is 2.81. The zero-order valence-corrected chi connectivity index (χ0v) is 7.00. The van der Waals surface area contributed by atoms with Gasteiger partial charge in [0.1, 0.15) is 5.58 Å². The van der Waals surface area contributed by atoms with Crippen molar-refractivity contribution in [2.24, 2.45) is 5.73 Å². The van der Waals surface area contributed by atoms with Crippen LogP contribution >= 0.6 is 0 Å². The third-order valence-electron chi connectivity index (χ3n) is 2.09. The van der Waals surface area contributed by atoms with E-state index in [1.807, 2.05) is 25.1 Å². The molecule has 0 atom stereocenters. The maximum absolute atomic E-state index is 5.57. The van der Waals surface area contributed by atoms with E-state index in [1.54, 1.807) is 6.26 Å². The summed E-state index contributed by atoms with van der Waals surface area (Å²) in [5, 5.41) is 1.16. The lowest BCUT2D eigenvalue weighted by molar-refractivity contribution is 0.608. The first-order valence-corrected chi connectivity index (χ1v) is 3.98. The predicted molar refractivity (Wildman–Crippen MR) is 48.8 cm³/mol. The summed E-state index contributed by atoms with van der Waals surface area (Å²) in [5.41, 5.74) is 8.73. The molecule has 2 rings (SSSR count). The van der Waals surface area contributed by atoms with Crippen LogP contribution in [0, 0.1) is 6.92 Å². The van der Waals surface area contributed by atoms with Crippen molar-refractivity contribution < 1.29 is 4.42 Å². The summed E-state index contributed by atoms with van der Waals surface area (Å²) in [4.78, 5) is 0. The zero-order chi connectivity index (χ0) is 8.55. The Morgan fingerprint density at radius 2 is 2.25 bits per heavy atom. The van der Waals surface area contributed by atoms with E-state index in [2.05, 4.69) is 0 Å². The predicted octanol–water partition coefficient (Wildman–Crippen LogP) is 2.20. The first kappa shape index (κ1) is 7.37. The maximum Gasteiger partial charge on any atom is 0.138 e. The molecule has 0 spiro atoms. The maximum atomic E-state index is 5.57. The van der Waals surface area contributed by atoms with Gasteiger partial charge in [-0.25, -0.2) is 0 Å². The zero-order valence-electron chi connectivity index (χ0n) is 7.00. The molecule has 0 amide bonds. The average molecular weight is 161 g/mol. The van der Waals surface area contributed by atoms with Crippen molar-refractivity contribution in [2.75, 3.05) is 0 Å². The normalized spacial score (nSPS) is 10.8. The van der Waals surface area contributed by atoms with Crippen molar-refractivity contribution in [3.05, 3.63) is 35.6 Å². The summed E-state index contributed by atoms with van der Waals surface area (Å²) >= 11 is 0. The summed E-state index contributed by atoms with van der Waals surface area (Å²) in [7, 11) is 0. The molecular formula is C10H11NO. The van der Waals surface area contributed by atoms with E-state index in [9.17, 15) is 0 Å². The van der Waals surface area contributed by atoms with Crippen LogP contribution in [-0.2, 0) is 6.54 Å². The summed E-state index contributed by atoms with van der Waals surface area (Å²) < 4.78 is 5.39. The van der Waals surface area contributed by atoms with E-state index in [0.29, 0.717) is 6.54 Å². The Morgan fingerprint density at radius 1 is 1.42 bits per heavy atom. The van der Waals surface area contributed by atoms with Crippen LogP contribution in [-0.4, -0.2) is 0 Å². The van der Waals surface area contributed by atoms with Crippen molar-refractivity contribution >= 4 is 11.0 Å². The molecule has 2 heteroatoms. The van der Waals surface area contributed by atoms with Gasteiger partial charge >= 0.3 is 0 Å². The lowest BCUT2D eigenvalue weighted by Gasteiger charge is -1.96. The Labute approximate surface area is 71.0 Å². The molecule has 0 aliphatic heterocycles. The van der Waals surface area contributed by atoms with Crippen LogP contribution in [0.3, 0.4) is 0 Å². The average Bonchev–Trinajstić information content (AvgIpc) is 2.48. The molecule has 0 unspecified atom stereocenters. The molecule has 0 saturated carbocycles. The van der Waals surface area contributed by atoms with Crippen LogP contribution in [0.25, 0.3) is 11.0 Å². The van der Waals surface area contributed by atoms with E-state index in [4.69, 9.17) is 10.2 Å². The number of hydrogen-bond donors (Lipinski definition) is 1. The van der Waals surface area contributed by atoms with E-state index in [1.165, 1.54) is 5.56 Å². The van der Waals surface area contributed by atoms with Crippen molar-refractivity contribution in [3.8, 4) is 0 Å². The highest BCUT2D eigenvalue weighted by atomic mass is 16.3. The molecule has 2 N–H and O–H groups in total. The fourth-order valence-electron chi connectivity index (χ4n) is 1.41. The Hall–Kier alpha value is -1.28. The fourth-order valence-corrected chi connectivity index (χ4v) is 1.41. The van der Waals surface area contributed by atoms with Crippen LogP contribution in [0.1, 0.15) is 11.1 Å². The lowest BCUT2D eigenvalue weighted by atomic mass is 10.1. The van der Waals surface area contributed by atoms with Crippen molar-refractivity contribution in [2.45, 2.75) is 13.5 Å². The minimum atomic E-state index is 0.532. The van der Waals surface area contributed by atoms with Gasteiger partial charge in [-0.2, -0.15) is 0 Å². The van der Waals surface area contributed by atoms with Gasteiger partial charge in [0, 0.05) is 17.5 Å². The first-order valence-electron chi connectivity index (χ1n) is 3.98. The van der Waals surface area contributed by atoms with Gasteiger partial charge in [0.2, 0.25) is 0 Å². The van der Waals surface area contributed by atoms with Crippen LogP contribution in [0.15, 0.2) is 28.9 Å². The van der Waals surface area contributed by atoms with Gasteiger partial charge < -0.3 is 10.2 Å². The third-order valence-corrected chi connectivity index (χ3v) is 2.09. The van der Waals surface area contributed by atoms with E-state index in [0.717, 1.165) is 16.5 Å². The van der Waals surface area contributed by atoms with Crippen molar-refractivity contribution in [1.82, 2.24) is 0 Å². The second kappa shape index (κ2) is 2.64. The monoisotopic (exact) mass is 161 g/mol. The van der Waals surface area contributed by atoms with Crippen molar-refractivity contribution in [1.29, 1.82) is 0 Å². The molecule has 1 aromatic carbocycles. The number of furan rings is 1. The van der Waals surface area contributed by atoms with Gasteiger partial charge in [0.05, 0.1) is 6.26 Å². The van der Waals surface area contributed by atoms with Crippen LogP contribution < -0.4 is 5.73 Å². The molecule has 2 nitrogen and oxygen atoms in total. The Bertz CT molecular complexity index is 403. The molecule has 0 aliphatic carbocycles. The third kappa shape index (κ3) is 0.924. The minimum absolute atomic E-state index is 0.532. The second-order valence-electron chi connectivity index (χ2n) is 2.92. The van der Waals surface area contributed by atoms with Gasteiger partial charge in [0.25, 0.3) is 0 Å². The number of fused-ring (bicyclic) bond motifs is 1. The highest BCUT2D eigenvalue weighted by Crippen LogP contribution is 2.23. The van der Waals surface area contributed by atoms with Gasteiger partial charge in [0.15, 0.2) is 0 Å². The smallest absolute Gasteiger partial charge is 0.138 e. The molecule has 0 fully saturated rings. The number of hydrogen-bond acceptors (Lipinski definition) is 2. The SMILES string of the molecule is Cc1coc2c(CN)cccc12. The van der Waals surface area contributed by atoms with Gasteiger partial charge in [-0.3, -0.25) is 0 Å². The number of aryl methyl sites for hydroxylation is 1. The molecule has 1 heterocycles. The molecule has 1 aromatic heterocycles. The molecule has 62 valence electrons. The summed E-state index contributed by atoms with van der Waals surface area (Å²) in [6.45, 7) is 2.57. The summed E-state index contributed by atoms with van der Waals surface area (Å²) in [5.74, 6) is 0.